The van der Waals surface area contributed by atoms with E-state index in [1.165, 1.54) is 238 Å². The summed E-state index contributed by atoms with van der Waals surface area (Å²) < 4.78 is 16.9. The number of hydrogen-bond donors (Lipinski definition) is 0. The second-order valence-electron chi connectivity index (χ2n) is 21.1. The average Bonchev–Trinajstić information content (AvgIpc) is 3.30. The third-order valence-corrected chi connectivity index (χ3v) is 13.8. The summed E-state index contributed by atoms with van der Waals surface area (Å²) in [6.07, 6.45) is 59.5. The summed E-state index contributed by atoms with van der Waals surface area (Å²) in [5.74, 6) is -0.00903. The van der Waals surface area contributed by atoms with E-state index in [1.807, 2.05) is 0 Å². The summed E-state index contributed by atoms with van der Waals surface area (Å²) in [6.45, 7) is 9.06. The van der Waals surface area contributed by atoms with Crippen molar-refractivity contribution in [2.24, 2.45) is 5.92 Å². The fourth-order valence-corrected chi connectivity index (χ4v) is 9.28. The normalized spacial score (nSPS) is 12.0. The number of rotatable bonds is 55. The lowest BCUT2D eigenvalue weighted by Crippen LogP contribution is -2.30. The van der Waals surface area contributed by atoms with E-state index in [9.17, 15) is 14.4 Å². The third-order valence-electron chi connectivity index (χ3n) is 13.8. The van der Waals surface area contributed by atoms with E-state index in [2.05, 4.69) is 27.7 Å². The zero-order chi connectivity index (χ0) is 48.1. The monoisotopic (exact) mass is 933 g/mol. The first kappa shape index (κ1) is 64.4. The Morgan fingerprint density at radius 2 is 0.500 bits per heavy atom. The van der Waals surface area contributed by atoms with Crippen molar-refractivity contribution in [2.75, 3.05) is 13.2 Å². The lowest BCUT2D eigenvalue weighted by molar-refractivity contribution is -0.167. The van der Waals surface area contributed by atoms with Crippen LogP contribution in [0.25, 0.3) is 0 Å². The molecular formula is C60H116O6. The van der Waals surface area contributed by atoms with Gasteiger partial charge in [0.05, 0.1) is 0 Å². The van der Waals surface area contributed by atoms with Gasteiger partial charge in [-0.2, -0.15) is 0 Å². The summed E-state index contributed by atoms with van der Waals surface area (Å²) in [6, 6.07) is 0. The van der Waals surface area contributed by atoms with Crippen LogP contribution in [0.5, 0.6) is 0 Å². The van der Waals surface area contributed by atoms with E-state index in [0.29, 0.717) is 19.3 Å². The van der Waals surface area contributed by atoms with E-state index >= 15 is 0 Å². The predicted octanol–water partition coefficient (Wildman–Crippen LogP) is 19.8. The molecule has 0 aliphatic carbocycles. The van der Waals surface area contributed by atoms with Crippen molar-refractivity contribution in [1.29, 1.82) is 0 Å². The van der Waals surface area contributed by atoms with Crippen LogP contribution in [0.4, 0.5) is 0 Å². The smallest absolute Gasteiger partial charge is 0.306 e. The topological polar surface area (TPSA) is 78.9 Å². The number of esters is 3. The zero-order valence-electron chi connectivity index (χ0n) is 45.2. The summed E-state index contributed by atoms with van der Waals surface area (Å²) in [5, 5.41) is 0. The fraction of sp³-hybridized carbons (Fsp3) is 0.950. The molecule has 0 unspecified atom stereocenters. The lowest BCUT2D eigenvalue weighted by atomic mass is 10.0. The van der Waals surface area contributed by atoms with Crippen LogP contribution >= 0.6 is 0 Å². The Balaban J connectivity index is 4.27. The summed E-state index contributed by atoms with van der Waals surface area (Å²) >= 11 is 0. The number of hydrogen-bond acceptors (Lipinski definition) is 6. The van der Waals surface area contributed by atoms with Gasteiger partial charge in [0.1, 0.15) is 13.2 Å². The predicted molar refractivity (Wildman–Crippen MR) is 284 cm³/mol. The van der Waals surface area contributed by atoms with Gasteiger partial charge < -0.3 is 14.2 Å². The molecule has 0 heterocycles. The zero-order valence-corrected chi connectivity index (χ0v) is 45.2. The average molecular weight is 934 g/mol. The van der Waals surface area contributed by atoms with E-state index in [1.54, 1.807) is 0 Å². The lowest BCUT2D eigenvalue weighted by Gasteiger charge is -2.18. The molecule has 392 valence electrons. The first-order valence-electron chi connectivity index (χ1n) is 29.9. The van der Waals surface area contributed by atoms with E-state index in [-0.39, 0.29) is 31.1 Å². The second kappa shape index (κ2) is 54.4. The van der Waals surface area contributed by atoms with Crippen molar-refractivity contribution in [2.45, 2.75) is 348 Å². The summed E-state index contributed by atoms with van der Waals surface area (Å²) in [4.78, 5) is 38.2. The third kappa shape index (κ3) is 53.4. The van der Waals surface area contributed by atoms with Crippen LogP contribution in [0.15, 0.2) is 0 Å². The highest BCUT2D eigenvalue weighted by molar-refractivity contribution is 5.71. The molecule has 0 aromatic rings. The van der Waals surface area contributed by atoms with Crippen LogP contribution in [0.1, 0.15) is 342 Å². The van der Waals surface area contributed by atoms with Gasteiger partial charge >= 0.3 is 17.9 Å². The maximum atomic E-state index is 12.8. The molecule has 0 aromatic carbocycles. The highest BCUT2D eigenvalue weighted by atomic mass is 16.6. The van der Waals surface area contributed by atoms with Crippen molar-refractivity contribution < 1.29 is 28.6 Å². The number of carbonyl (C=O) groups excluding carboxylic acids is 3. The molecule has 0 fully saturated rings. The molecule has 0 amide bonds. The van der Waals surface area contributed by atoms with Crippen LogP contribution in [0.2, 0.25) is 0 Å². The Kier molecular flexibility index (Phi) is 53.0. The molecule has 0 rings (SSSR count). The molecule has 6 nitrogen and oxygen atoms in total. The minimum Gasteiger partial charge on any atom is -0.462 e. The van der Waals surface area contributed by atoms with Gasteiger partial charge in [-0.3, -0.25) is 14.4 Å². The van der Waals surface area contributed by atoms with Crippen molar-refractivity contribution in [3.63, 3.8) is 0 Å². The Morgan fingerprint density at radius 1 is 0.288 bits per heavy atom. The fourth-order valence-electron chi connectivity index (χ4n) is 9.28. The molecule has 0 saturated carbocycles. The van der Waals surface area contributed by atoms with Crippen molar-refractivity contribution in [3.8, 4) is 0 Å². The molecule has 1 atom stereocenters. The second-order valence-corrected chi connectivity index (χ2v) is 21.1. The maximum absolute atomic E-state index is 12.8. The van der Waals surface area contributed by atoms with Gasteiger partial charge in [0.25, 0.3) is 0 Å². The first-order valence-corrected chi connectivity index (χ1v) is 29.9. The molecular weight excluding hydrogens is 817 g/mol. The van der Waals surface area contributed by atoms with Gasteiger partial charge in [-0.25, -0.2) is 0 Å². The van der Waals surface area contributed by atoms with Crippen molar-refractivity contribution in [1.82, 2.24) is 0 Å². The van der Waals surface area contributed by atoms with E-state index < -0.39 is 6.10 Å². The van der Waals surface area contributed by atoms with Crippen molar-refractivity contribution in [3.05, 3.63) is 0 Å². The van der Waals surface area contributed by atoms with Gasteiger partial charge in [0.2, 0.25) is 0 Å². The van der Waals surface area contributed by atoms with Crippen LogP contribution < -0.4 is 0 Å². The van der Waals surface area contributed by atoms with Crippen LogP contribution in [-0.2, 0) is 28.6 Å². The highest BCUT2D eigenvalue weighted by Gasteiger charge is 2.19. The molecule has 0 aliphatic heterocycles. The van der Waals surface area contributed by atoms with Gasteiger partial charge in [-0.15, -0.1) is 0 Å². The molecule has 6 heteroatoms. The Hall–Kier alpha value is -1.59. The number of ether oxygens (including phenoxy) is 3. The molecule has 0 bridgehead atoms. The standard InChI is InChI=1S/C60H116O6/c1-5-7-9-11-13-15-17-19-21-22-23-24-26-28-32-36-40-44-48-52-59(62)65-55-57(66-60(63)53-49-45-41-37-33-29-30-34-38-42-46-50-56(3)4)54-64-58(61)51-47-43-39-35-31-27-25-20-18-16-14-12-10-8-6-2/h56-57H,5-55H2,1-4H3/t57-/m1/s1. The van der Waals surface area contributed by atoms with E-state index in [4.69, 9.17) is 14.2 Å². The molecule has 0 N–H and O–H groups in total. The number of unbranched alkanes of at least 4 members (excludes halogenated alkanes) is 42. The summed E-state index contributed by atoms with van der Waals surface area (Å²) in [5.41, 5.74) is 0. The van der Waals surface area contributed by atoms with Gasteiger partial charge in [-0.1, -0.05) is 304 Å². The van der Waals surface area contributed by atoms with Crippen molar-refractivity contribution >= 4 is 17.9 Å². The minimum atomic E-state index is -0.762. The molecule has 0 radical (unpaired) electrons. The molecule has 0 aromatic heterocycles. The maximum Gasteiger partial charge on any atom is 0.306 e. The first-order chi connectivity index (χ1) is 32.4. The Labute approximate surface area is 412 Å². The highest BCUT2D eigenvalue weighted by Crippen LogP contribution is 2.18. The number of carbonyl (C=O) groups is 3. The summed E-state index contributed by atoms with van der Waals surface area (Å²) in [7, 11) is 0. The quantitative estimate of drug-likeness (QED) is 0.0343. The molecule has 0 spiro atoms. The van der Waals surface area contributed by atoms with E-state index in [0.717, 1.165) is 63.7 Å². The van der Waals surface area contributed by atoms with Crippen LogP contribution in [-0.4, -0.2) is 37.2 Å². The molecule has 0 saturated heterocycles. The SMILES string of the molecule is CCCCCCCCCCCCCCCCCCCCCC(=O)OC[C@@H](COC(=O)CCCCCCCCCCCCCCCCC)OC(=O)CCCCCCCCCCCCCC(C)C. The Morgan fingerprint density at radius 3 is 0.742 bits per heavy atom. The van der Waals surface area contributed by atoms with Gasteiger partial charge in [0.15, 0.2) is 6.10 Å². The largest absolute Gasteiger partial charge is 0.462 e. The molecule has 0 aliphatic rings. The Bertz CT molecular complexity index is 996. The minimum absolute atomic E-state index is 0.0618. The van der Waals surface area contributed by atoms with Crippen LogP contribution in [0.3, 0.4) is 0 Å². The van der Waals surface area contributed by atoms with Gasteiger partial charge in [0, 0.05) is 19.3 Å². The van der Waals surface area contributed by atoms with Gasteiger partial charge in [-0.05, 0) is 25.2 Å². The molecule has 66 heavy (non-hydrogen) atoms. The van der Waals surface area contributed by atoms with Crippen LogP contribution in [0, 0.1) is 5.92 Å².